The van der Waals surface area contributed by atoms with E-state index in [9.17, 15) is 0 Å². The summed E-state index contributed by atoms with van der Waals surface area (Å²) in [6.07, 6.45) is 13.1. The number of hydrogen-bond acceptors (Lipinski definition) is 1. The molecule has 9 atom stereocenters. The minimum absolute atomic E-state index is 0.490. The highest BCUT2D eigenvalue weighted by molar-refractivity contribution is 5.11. The summed E-state index contributed by atoms with van der Waals surface area (Å²) in [5.74, 6) is 6.70. The maximum Gasteiger partial charge on any atom is 0.00470 e. The minimum atomic E-state index is 0.490. The Morgan fingerprint density at radius 3 is 2.36 bits per heavy atom. The van der Waals surface area contributed by atoms with E-state index in [4.69, 9.17) is 5.73 Å². The number of rotatable bonds is 3. The van der Waals surface area contributed by atoms with Crippen molar-refractivity contribution in [2.24, 2.45) is 58.0 Å². The number of hydrogen-bond donors (Lipinski definition) is 1. The van der Waals surface area contributed by atoms with Gasteiger partial charge >= 0.3 is 0 Å². The first kappa shape index (κ1) is 18.3. The molecule has 0 saturated heterocycles. The molecule has 4 aliphatic rings. The SMILES string of the molecule is CC(C)CC(C)C1CCC2C3CCC4CC(N)CC4(C)C3CCC12C. The van der Waals surface area contributed by atoms with Crippen molar-refractivity contribution in [2.75, 3.05) is 0 Å². The summed E-state index contributed by atoms with van der Waals surface area (Å²) in [4.78, 5) is 0. The first-order valence-electron chi connectivity index (χ1n) is 11.5. The summed E-state index contributed by atoms with van der Waals surface area (Å²) in [5, 5.41) is 0. The number of fused-ring (bicyclic) bond motifs is 5. The lowest BCUT2D eigenvalue weighted by molar-refractivity contribution is -0.0906. The van der Waals surface area contributed by atoms with Crippen molar-refractivity contribution in [1.82, 2.24) is 0 Å². The third-order valence-corrected chi connectivity index (χ3v) is 9.96. The maximum atomic E-state index is 6.44. The largest absolute Gasteiger partial charge is 0.328 e. The lowest BCUT2D eigenvalue weighted by Crippen LogP contribution is -2.51. The predicted molar refractivity (Wildman–Crippen MR) is 107 cm³/mol. The standard InChI is InChI=1S/C24H43N/c1-15(2)12-16(3)20-8-9-21-19-7-6-17-13-18(25)14-24(17,5)22(19)10-11-23(20,21)4/h15-22H,6-14,25H2,1-5H3. The van der Waals surface area contributed by atoms with E-state index in [0.717, 1.165) is 41.4 Å². The van der Waals surface area contributed by atoms with E-state index in [1.54, 1.807) is 0 Å². The van der Waals surface area contributed by atoms with Gasteiger partial charge < -0.3 is 5.73 Å². The summed E-state index contributed by atoms with van der Waals surface area (Å²) < 4.78 is 0. The Morgan fingerprint density at radius 2 is 1.64 bits per heavy atom. The zero-order valence-electron chi connectivity index (χ0n) is 17.6. The van der Waals surface area contributed by atoms with Gasteiger partial charge in [-0.3, -0.25) is 0 Å². The quantitative estimate of drug-likeness (QED) is 0.641. The van der Waals surface area contributed by atoms with E-state index in [1.807, 2.05) is 0 Å². The zero-order valence-corrected chi connectivity index (χ0v) is 17.6. The fraction of sp³-hybridized carbons (Fsp3) is 1.00. The molecule has 0 aromatic heterocycles. The fourth-order valence-electron chi connectivity index (χ4n) is 9.14. The van der Waals surface area contributed by atoms with E-state index in [0.29, 0.717) is 16.9 Å². The Kier molecular flexibility index (Phi) is 4.58. The Bertz CT molecular complexity index is 498. The second kappa shape index (κ2) is 6.25. The molecule has 9 unspecified atom stereocenters. The van der Waals surface area contributed by atoms with Gasteiger partial charge in [0.15, 0.2) is 0 Å². The van der Waals surface area contributed by atoms with Gasteiger partial charge in [0.05, 0.1) is 0 Å². The van der Waals surface area contributed by atoms with Gasteiger partial charge in [-0.15, -0.1) is 0 Å². The summed E-state index contributed by atoms with van der Waals surface area (Å²) in [5.41, 5.74) is 7.66. The Hall–Kier alpha value is -0.0400. The van der Waals surface area contributed by atoms with Gasteiger partial charge in [0.2, 0.25) is 0 Å². The van der Waals surface area contributed by atoms with Crippen LogP contribution in [0.3, 0.4) is 0 Å². The van der Waals surface area contributed by atoms with Crippen molar-refractivity contribution >= 4 is 0 Å². The summed E-state index contributed by atoms with van der Waals surface area (Å²) in [7, 11) is 0. The van der Waals surface area contributed by atoms with E-state index >= 15 is 0 Å². The average molecular weight is 346 g/mol. The highest BCUT2D eigenvalue weighted by Gasteiger charge is 2.61. The molecule has 0 spiro atoms. The predicted octanol–water partition coefficient (Wildman–Crippen LogP) is 6.26. The van der Waals surface area contributed by atoms with Gasteiger partial charge in [-0.2, -0.15) is 0 Å². The summed E-state index contributed by atoms with van der Waals surface area (Å²) in [6.45, 7) is 12.7. The van der Waals surface area contributed by atoms with E-state index in [1.165, 1.54) is 57.8 Å². The lowest BCUT2D eigenvalue weighted by atomic mass is 9.47. The monoisotopic (exact) mass is 345 g/mol. The van der Waals surface area contributed by atoms with Crippen molar-refractivity contribution in [2.45, 2.75) is 98.4 Å². The highest BCUT2D eigenvalue weighted by Crippen LogP contribution is 2.68. The molecule has 4 rings (SSSR count). The lowest BCUT2D eigenvalue weighted by Gasteiger charge is -2.58. The van der Waals surface area contributed by atoms with Crippen molar-refractivity contribution < 1.29 is 0 Å². The highest BCUT2D eigenvalue weighted by atomic mass is 14.7. The van der Waals surface area contributed by atoms with E-state index < -0.39 is 0 Å². The third kappa shape index (κ3) is 2.74. The van der Waals surface area contributed by atoms with E-state index in [-0.39, 0.29) is 0 Å². The Morgan fingerprint density at radius 1 is 0.920 bits per heavy atom. The van der Waals surface area contributed by atoms with Crippen LogP contribution < -0.4 is 5.73 Å². The Labute approximate surface area is 156 Å². The molecule has 4 saturated carbocycles. The van der Waals surface area contributed by atoms with Gasteiger partial charge in [0, 0.05) is 6.04 Å². The molecule has 4 aliphatic carbocycles. The molecule has 0 bridgehead atoms. The first-order chi connectivity index (χ1) is 11.8. The van der Waals surface area contributed by atoms with Crippen LogP contribution in [0.5, 0.6) is 0 Å². The molecule has 25 heavy (non-hydrogen) atoms. The van der Waals surface area contributed by atoms with Gasteiger partial charge in [0.25, 0.3) is 0 Å². The van der Waals surface area contributed by atoms with Crippen molar-refractivity contribution in [3.63, 3.8) is 0 Å². The van der Waals surface area contributed by atoms with Gasteiger partial charge in [-0.1, -0.05) is 34.6 Å². The van der Waals surface area contributed by atoms with Crippen LogP contribution in [0, 0.1) is 52.3 Å². The second-order valence-corrected chi connectivity index (χ2v) is 11.7. The van der Waals surface area contributed by atoms with Crippen LogP contribution in [0.15, 0.2) is 0 Å². The normalized spacial score (nSPS) is 53.4. The molecule has 0 aromatic carbocycles. The molecule has 0 aliphatic heterocycles. The third-order valence-electron chi connectivity index (χ3n) is 9.96. The smallest absolute Gasteiger partial charge is 0.00470 e. The molecular weight excluding hydrogens is 302 g/mol. The van der Waals surface area contributed by atoms with Crippen LogP contribution in [0.25, 0.3) is 0 Å². The molecule has 2 N–H and O–H groups in total. The van der Waals surface area contributed by atoms with Gasteiger partial charge in [-0.25, -0.2) is 0 Å². The molecule has 0 aromatic rings. The van der Waals surface area contributed by atoms with Crippen LogP contribution >= 0.6 is 0 Å². The molecule has 0 heterocycles. The summed E-state index contributed by atoms with van der Waals surface area (Å²) in [6, 6.07) is 0.490. The molecule has 1 heteroatoms. The molecule has 4 fully saturated rings. The van der Waals surface area contributed by atoms with Crippen molar-refractivity contribution in [1.29, 1.82) is 0 Å². The van der Waals surface area contributed by atoms with Gasteiger partial charge in [0.1, 0.15) is 0 Å². The van der Waals surface area contributed by atoms with Crippen LogP contribution in [-0.4, -0.2) is 6.04 Å². The first-order valence-corrected chi connectivity index (χ1v) is 11.5. The maximum absolute atomic E-state index is 6.44. The Balaban J connectivity index is 1.56. The van der Waals surface area contributed by atoms with Crippen LogP contribution in [0.2, 0.25) is 0 Å². The molecular formula is C24H43N. The van der Waals surface area contributed by atoms with Crippen LogP contribution in [0.4, 0.5) is 0 Å². The van der Waals surface area contributed by atoms with Gasteiger partial charge in [-0.05, 0) is 110 Å². The molecule has 1 nitrogen and oxygen atoms in total. The molecule has 144 valence electrons. The molecule has 0 radical (unpaired) electrons. The number of nitrogens with two attached hydrogens (primary N) is 1. The second-order valence-electron chi connectivity index (χ2n) is 11.7. The van der Waals surface area contributed by atoms with Crippen LogP contribution in [0.1, 0.15) is 92.4 Å². The van der Waals surface area contributed by atoms with Crippen molar-refractivity contribution in [3.05, 3.63) is 0 Å². The average Bonchev–Trinajstić information content (AvgIpc) is 3.01. The van der Waals surface area contributed by atoms with E-state index in [2.05, 4.69) is 34.6 Å². The molecule has 0 amide bonds. The fourth-order valence-corrected chi connectivity index (χ4v) is 9.14. The van der Waals surface area contributed by atoms with Crippen molar-refractivity contribution in [3.8, 4) is 0 Å². The minimum Gasteiger partial charge on any atom is -0.328 e. The topological polar surface area (TPSA) is 26.0 Å². The summed E-state index contributed by atoms with van der Waals surface area (Å²) >= 11 is 0. The zero-order chi connectivity index (χ0) is 18.0. The van der Waals surface area contributed by atoms with Crippen LogP contribution in [-0.2, 0) is 0 Å².